The molecule has 5 rings (SSSR count). The first-order valence-electron chi connectivity index (χ1n) is 11.3. The summed E-state index contributed by atoms with van der Waals surface area (Å²) in [5, 5.41) is 13.9. The fourth-order valence-electron chi connectivity index (χ4n) is 5.25. The highest BCUT2D eigenvalue weighted by molar-refractivity contribution is 5.88. The molecule has 2 aliphatic carbocycles. The summed E-state index contributed by atoms with van der Waals surface area (Å²) in [6.45, 7) is 0.468. The molecule has 1 heterocycles. The van der Waals surface area contributed by atoms with Gasteiger partial charge in [-0.25, -0.2) is 4.79 Å². The van der Waals surface area contributed by atoms with Gasteiger partial charge in [-0.2, -0.15) is 0 Å². The fraction of sp³-hybridized carbons (Fsp3) is 0.360. The van der Waals surface area contributed by atoms with E-state index in [1.165, 1.54) is 0 Å². The number of carboxylic acid groups (broad SMARTS) is 1. The minimum Gasteiger partial charge on any atom is -0.481 e. The van der Waals surface area contributed by atoms with Crippen LogP contribution in [0.4, 0.5) is 4.79 Å². The second kappa shape index (κ2) is 8.81. The monoisotopic (exact) mass is 463 g/mol. The quantitative estimate of drug-likeness (QED) is 0.571. The number of piperidine rings is 1. The number of carbonyl (C=O) groups is 4. The molecule has 0 radical (unpaired) electrons. The Kier molecular flexibility index (Phi) is 5.69. The Morgan fingerprint density at radius 3 is 2.06 bits per heavy atom. The van der Waals surface area contributed by atoms with E-state index >= 15 is 0 Å². The van der Waals surface area contributed by atoms with Crippen molar-refractivity contribution in [3.63, 3.8) is 0 Å². The predicted octanol–water partition coefficient (Wildman–Crippen LogP) is 1.43. The van der Waals surface area contributed by atoms with Crippen LogP contribution < -0.4 is 10.6 Å². The summed E-state index contributed by atoms with van der Waals surface area (Å²) >= 11 is 0. The number of fused-ring (bicyclic) bond motifs is 4. The molecule has 2 unspecified atom stereocenters. The van der Waals surface area contributed by atoms with Gasteiger partial charge in [-0.05, 0) is 34.1 Å². The molecule has 9 heteroatoms. The molecule has 3 amide bonds. The van der Waals surface area contributed by atoms with E-state index in [0.29, 0.717) is 13.1 Å². The average molecular weight is 463 g/mol. The zero-order valence-electron chi connectivity index (χ0n) is 18.4. The topological polar surface area (TPSA) is 125 Å². The number of carboxylic acids is 1. The fourth-order valence-corrected chi connectivity index (χ4v) is 5.25. The van der Waals surface area contributed by atoms with Gasteiger partial charge in [0.05, 0.1) is 12.5 Å². The number of aliphatic carboxylic acids is 1. The third-order valence-corrected chi connectivity index (χ3v) is 7.01. The summed E-state index contributed by atoms with van der Waals surface area (Å²) in [7, 11) is 0. The maximum Gasteiger partial charge on any atom is 0.407 e. The van der Waals surface area contributed by atoms with Crippen LogP contribution in [-0.4, -0.2) is 66.7 Å². The van der Waals surface area contributed by atoms with Crippen LogP contribution in [0.1, 0.15) is 17.0 Å². The highest BCUT2D eigenvalue weighted by Gasteiger charge is 2.60. The standard InChI is InChI=1S/C25H25N3O6/c29-21(26-10-22(30)28-11-18-19(12-28)23(18)24(31)32)9-27-25(33)34-13-20-16-7-3-1-5-14(16)15-6-2-4-8-17(15)20/h1-8,18-20,23H,9-13H2,(H,26,29)(H,27,33)(H,31,32). The molecule has 1 aliphatic heterocycles. The summed E-state index contributed by atoms with van der Waals surface area (Å²) in [5.74, 6) is -1.95. The molecule has 0 spiro atoms. The van der Waals surface area contributed by atoms with E-state index in [1.54, 1.807) is 4.90 Å². The lowest BCUT2D eigenvalue weighted by Gasteiger charge is -2.19. The smallest absolute Gasteiger partial charge is 0.407 e. The van der Waals surface area contributed by atoms with Crippen LogP contribution in [0.15, 0.2) is 48.5 Å². The molecule has 2 atom stereocenters. The molecule has 3 aliphatic rings. The minimum atomic E-state index is -0.810. The summed E-state index contributed by atoms with van der Waals surface area (Å²) in [4.78, 5) is 49.0. The number of carbonyl (C=O) groups excluding carboxylic acids is 3. The zero-order valence-corrected chi connectivity index (χ0v) is 18.4. The van der Waals surface area contributed by atoms with Crippen molar-refractivity contribution < 1.29 is 29.0 Å². The first-order valence-corrected chi connectivity index (χ1v) is 11.3. The Bertz CT molecular complexity index is 1110. The molecule has 176 valence electrons. The average Bonchev–Trinajstić information content (AvgIpc) is 3.20. The van der Waals surface area contributed by atoms with Crippen LogP contribution >= 0.6 is 0 Å². The second-order valence-electron chi connectivity index (χ2n) is 8.95. The third kappa shape index (κ3) is 4.09. The molecule has 34 heavy (non-hydrogen) atoms. The lowest BCUT2D eigenvalue weighted by atomic mass is 9.98. The number of nitrogens with one attached hydrogen (secondary N) is 2. The van der Waals surface area contributed by atoms with Gasteiger partial charge < -0.3 is 25.4 Å². The van der Waals surface area contributed by atoms with E-state index in [2.05, 4.69) is 22.8 Å². The van der Waals surface area contributed by atoms with Crippen LogP contribution in [0.25, 0.3) is 11.1 Å². The Morgan fingerprint density at radius 1 is 0.882 bits per heavy atom. The second-order valence-corrected chi connectivity index (χ2v) is 8.95. The number of likely N-dealkylation sites (tertiary alicyclic amines) is 1. The first kappa shape index (κ1) is 21.9. The molecule has 1 saturated heterocycles. The van der Waals surface area contributed by atoms with Crippen molar-refractivity contribution in [2.24, 2.45) is 17.8 Å². The number of hydrogen-bond acceptors (Lipinski definition) is 5. The Labute approximate surface area is 196 Å². The molecule has 0 bridgehead atoms. The van der Waals surface area contributed by atoms with Crippen LogP contribution in [-0.2, 0) is 19.1 Å². The van der Waals surface area contributed by atoms with Gasteiger partial charge in [0.25, 0.3) is 0 Å². The normalized spacial score (nSPS) is 21.8. The molecule has 2 aromatic carbocycles. The Balaban J connectivity index is 1.04. The highest BCUT2D eigenvalue weighted by Crippen LogP contribution is 2.51. The zero-order chi connectivity index (χ0) is 23.8. The molecule has 2 fully saturated rings. The van der Waals surface area contributed by atoms with Crippen LogP contribution in [0, 0.1) is 17.8 Å². The lowest BCUT2D eigenvalue weighted by Crippen LogP contribution is -2.44. The number of rotatable bonds is 7. The van der Waals surface area contributed by atoms with Gasteiger partial charge in [-0.3, -0.25) is 14.4 Å². The number of alkyl carbamates (subject to hydrolysis) is 1. The maximum atomic E-state index is 12.2. The number of hydrogen-bond donors (Lipinski definition) is 3. The molecule has 3 N–H and O–H groups in total. The van der Waals surface area contributed by atoms with Crippen LogP contribution in [0.5, 0.6) is 0 Å². The first-order chi connectivity index (χ1) is 16.4. The number of ether oxygens (including phenoxy) is 1. The minimum absolute atomic E-state index is 0.0207. The van der Waals surface area contributed by atoms with Gasteiger partial charge in [0.15, 0.2) is 0 Å². The van der Waals surface area contributed by atoms with Gasteiger partial charge in [-0.1, -0.05) is 48.5 Å². The van der Waals surface area contributed by atoms with Crippen molar-refractivity contribution in [2.75, 3.05) is 32.8 Å². The summed E-state index contributed by atoms with van der Waals surface area (Å²) < 4.78 is 5.39. The van der Waals surface area contributed by atoms with Crippen molar-refractivity contribution in [1.82, 2.24) is 15.5 Å². The SMILES string of the molecule is O=C(CNC(=O)OCC1c2ccccc2-c2ccccc21)NCC(=O)N1CC2C(C1)C2C(=O)O. The van der Waals surface area contributed by atoms with Gasteiger partial charge in [-0.15, -0.1) is 0 Å². The predicted molar refractivity (Wildman–Crippen MR) is 121 cm³/mol. The summed E-state index contributed by atoms with van der Waals surface area (Å²) in [6.07, 6.45) is -0.706. The van der Waals surface area contributed by atoms with Crippen LogP contribution in [0.3, 0.4) is 0 Å². The highest BCUT2D eigenvalue weighted by atomic mass is 16.5. The summed E-state index contributed by atoms with van der Waals surface area (Å²) in [5.41, 5.74) is 4.46. The van der Waals surface area contributed by atoms with Crippen LogP contribution in [0.2, 0.25) is 0 Å². The molecular weight excluding hydrogens is 438 g/mol. The van der Waals surface area contributed by atoms with Crippen molar-refractivity contribution in [3.05, 3.63) is 59.7 Å². The molecule has 9 nitrogen and oxygen atoms in total. The van der Waals surface area contributed by atoms with E-state index < -0.39 is 18.0 Å². The molecule has 1 saturated carbocycles. The van der Waals surface area contributed by atoms with Gasteiger partial charge in [0.1, 0.15) is 13.2 Å². The maximum absolute atomic E-state index is 12.2. The van der Waals surface area contributed by atoms with Crippen molar-refractivity contribution in [2.45, 2.75) is 5.92 Å². The van der Waals surface area contributed by atoms with E-state index in [4.69, 9.17) is 9.84 Å². The van der Waals surface area contributed by atoms with Gasteiger partial charge >= 0.3 is 12.1 Å². The van der Waals surface area contributed by atoms with Crippen molar-refractivity contribution in [1.29, 1.82) is 0 Å². The largest absolute Gasteiger partial charge is 0.481 e. The van der Waals surface area contributed by atoms with E-state index in [1.807, 2.05) is 36.4 Å². The third-order valence-electron chi connectivity index (χ3n) is 7.01. The lowest BCUT2D eigenvalue weighted by molar-refractivity contribution is -0.140. The van der Waals surface area contributed by atoms with E-state index in [-0.39, 0.29) is 49.3 Å². The van der Waals surface area contributed by atoms with Crippen molar-refractivity contribution >= 4 is 23.9 Å². The van der Waals surface area contributed by atoms with Gasteiger partial charge in [0.2, 0.25) is 11.8 Å². The Hall–Kier alpha value is -3.88. The number of nitrogens with zero attached hydrogens (tertiary/aromatic N) is 1. The van der Waals surface area contributed by atoms with E-state index in [9.17, 15) is 19.2 Å². The summed E-state index contributed by atoms with van der Waals surface area (Å²) in [6, 6.07) is 16.0. The number of amides is 3. The molecule has 0 aromatic heterocycles. The Morgan fingerprint density at radius 2 is 1.47 bits per heavy atom. The molecular formula is C25H25N3O6. The van der Waals surface area contributed by atoms with Gasteiger partial charge in [0, 0.05) is 19.0 Å². The number of benzene rings is 2. The molecule has 2 aromatic rings. The van der Waals surface area contributed by atoms with Crippen molar-refractivity contribution in [3.8, 4) is 11.1 Å². The van der Waals surface area contributed by atoms with E-state index in [0.717, 1.165) is 22.3 Å².